The lowest BCUT2D eigenvalue weighted by molar-refractivity contribution is -0.385. The molecule has 2 N–H and O–H groups in total. The number of hydrogen-bond acceptors (Lipinski definition) is 3. The van der Waals surface area contributed by atoms with E-state index in [-0.39, 0.29) is 34.5 Å². The van der Waals surface area contributed by atoms with Gasteiger partial charge >= 0.3 is 0 Å². The Hall–Kier alpha value is -1.13. The Labute approximate surface area is 108 Å². The van der Waals surface area contributed by atoms with Crippen LogP contribution in [0.1, 0.15) is 37.9 Å². The van der Waals surface area contributed by atoms with Crippen molar-refractivity contribution < 1.29 is 4.92 Å². The summed E-state index contributed by atoms with van der Waals surface area (Å²) in [5, 5.41) is 10.8. The van der Waals surface area contributed by atoms with Gasteiger partial charge < -0.3 is 5.73 Å². The lowest BCUT2D eigenvalue weighted by Crippen LogP contribution is -2.26. The first-order valence-electron chi connectivity index (χ1n) is 5.24. The van der Waals surface area contributed by atoms with Crippen molar-refractivity contribution in [3.05, 3.63) is 39.4 Å². The standard InChI is InChI=1S/C12H18N2O2.ClH/c1-8-5-6-9(7-10(8)14(15)16)11(13)12(2,3)4;/h5-7,11H,13H2,1-4H3;1H/t11-;/m1./s1. The Balaban J connectivity index is 0.00000256. The molecule has 4 nitrogen and oxygen atoms in total. The fourth-order valence-electron chi connectivity index (χ4n) is 1.52. The van der Waals surface area contributed by atoms with Gasteiger partial charge in [-0.3, -0.25) is 10.1 Å². The Morgan fingerprint density at radius 3 is 2.29 bits per heavy atom. The van der Waals surface area contributed by atoms with Gasteiger partial charge in [-0.1, -0.05) is 32.9 Å². The van der Waals surface area contributed by atoms with Crippen molar-refractivity contribution in [1.82, 2.24) is 0 Å². The summed E-state index contributed by atoms with van der Waals surface area (Å²) in [6.07, 6.45) is 0. The zero-order chi connectivity index (χ0) is 12.5. The van der Waals surface area contributed by atoms with E-state index in [4.69, 9.17) is 5.73 Å². The molecule has 0 saturated carbocycles. The van der Waals surface area contributed by atoms with Gasteiger partial charge in [0.15, 0.2) is 0 Å². The quantitative estimate of drug-likeness (QED) is 0.653. The molecule has 0 saturated heterocycles. The third kappa shape index (κ3) is 3.68. The summed E-state index contributed by atoms with van der Waals surface area (Å²) in [5.41, 5.74) is 7.57. The Morgan fingerprint density at radius 2 is 1.88 bits per heavy atom. The summed E-state index contributed by atoms with van der Waals surface area (Å²) in [4.78, 5) is 10.4. The molecule has 0 amide bonds. The fraction of sp³-hybridized carbons (Fsp3) is 0.500. The molecular formula is C12H19ClN2O2. The van der Waals surface area contributed by atoms with Gasteiger partial charge in [0.1, 0.15) is 0 Å². The van der Waals surface area contributed by atoms with Gasteiger partial charge in [0.05, 0.1) is 4.92 Å². The third-order valence-electron chi connectivity index (χ3n) is 2.72. The molecule has 0 radical (unpaired) electrons. The zero-order valence-corrected chi connectivity index (χ0v) is 11.4. The average Bonchev–Trinajstić information content (AvgIpc) is 2.15. The molecule has 0 heterocycles. The van der Waals surface area contributed by atoms with Crippen molar-refractivity contribution in [2.45, 2.75) is 33.7 Å². The van der Waals surface area contributed by atoms with Crippen LogP contribution in [0.25, 0.3) is 0 Å². The minimum absolute atomic E-state index is 0. The van der Waals surface area contributed by atoms with Crippen LogP contribution in [0.2, 0.25) is 0 Å². The van der Waals surface area contributed by atoms with E-state index in [9.17, 15) is 10.1 Å². The number of benzene rings is 1. The summed E-state index contributed by atoms with van der Waals surface area (Å²) >= 11 is 0. The van der Waals surface area contributed by atoms with E-state index in [2.05, 4.69) is 0 Å². The van der Waals surface area contributed by atoms with Crippen LogP contribution >= 0.6 is 12.4 Å². The highest BCUT2D eigenvalue weighted by Gasteiger charge is 2.24. The van der Waals surface area contributed by atoms with Crippen LogP contribution in [0.15, 0.2) is 18.2 Å². The zero-order valence-electron chi connectivity index (χ0n) is 10.6. The molecule has 1 aromatic carbocycles. The van der Waals surface area contributed by atoms with Crippen molar-refractivity contribution in [3.63, 3.8) is 0 Å². The molecule has 0 aliphatic rings. The number of halogens is 1. The van der Waals surface area contributed by atoms with E-state index in [1.165, 1.54) is 0 Å². The highest BCUT2D eigenvalue weighted by molar-refractivity contribution is 5.85. The predicted molar refractivity (Wildman–Crippen MR) is 71.5 cm³/mol. The number of hydrogen-bond donors (Lipinski definition) is 1. The molecule has 5 heteroatoms. The van der Waals surface area contributed by atoms with Crippen molar-refractivity contribution >= 4 is 18.1 Å². The largest absolute Gasteiger partial charge is 0.324 e. The molecule has 0 aliphatic heterocycles. The maximum atomic E-state index is 10.8. The van der Waals surface area contributed by atoms with Crippen LogP contribution < -0.4 is 5.73 Å². The minimum atomic E-state index is -0.367. The highest BCUT2D eigenvalue weighted by Crippen LogP contribution is 2.32. The Kier molecular flexibility index (Phi) is 5.11. The van der Waals surface area contributed by atoms with Crippen molar-refractivity contribution in [2.24, 2.45) is 11.1 Å². The van der Waals surface area contributed by atoms with Crippen LogP contribution in [-0.2, 0) is 0 Å². The van der Waals surface area contributed by atoms with E-state index in [1.54, 1.807) is 19.1 Å². The van der Waals surface area contributed by atoms with Gasteiger partial charge in [-0.05, 0) is 17.9 Å². The van der Waals surface area contributed by atoms with E-state index in [0.29, 0.717) is 5.56 Å². The van der Waals surface area contributed by atoms with Crippen molar-refractivity contribution in [2.75, 3.05) is 0 Å². The van der Waals surface area contributed by atoms with Crippen LogP contribution in [0.4, 0.5) is 5.69 Å². The lowest BCUT2D eigenvalue weighted by Gasteiger charge is -2.27. The van der Waals surface area contributed by atoms with Gasteiger partial charge in [-0.25, -0.2) is 0 Å². The first-order chi connectivity index (χ1) is 7.23. The van der Waals surface area contributed by atoms with Crippen LogP contribution in [-0.4, -0.2) is 4.92 Å². The summed E-state index contributed by atoms with van der Waals surface area (Å²) < 4.78 is 0. The molecule has 0 bridgehead atoms. The van der Waals surface area contributed by atoms with Gasteiger partial charge in [-0.2, -0.15) is 0 Å². The van der Waals surface area contributed by atoms with Gasteiger partial charge in [0.25, 0.3) is 5.69 Å². The van der Waals surface area contributed by atoms with Crippen LogP contribution in [0, 0.1) is 22.5 Å². The van der Waals surface area contributed by atoms with Crippen LogP contribution in [0.3, 0.4) is 0 Å². The number of rotatable bonds is 2. The average molecular weight is 259 g/mol. The number of nitro benzene ring substituents is 1. The first-order valence-corrected chi connectivity index (χ1v) is 5.24. The van der Waals surface area contributed by atoms with E-state index in [0.717, 1.165) is 5.56 Å². The molecule has 17 heavy (non-hydrogen) atoms. The van der Waals surface area contributed by atoms with E-state index < -0.39 is 0 Å². The molecular weight excluding hydrogens is 240 g/mol. The summed E-state index contributed by atoms with van der Waals surface area (Å²) in [7, 11) is 0. The lowest BCUT2D eigenvalue weighted by atomic mass is 9.83. The Bertz CT molecular complexity index is 413. The minimum Gasteiger partial charge on any atom is -0.324 e. The molecule has 0 unspecified atom stereocenters. The monoisotopic (exact) mass is 258 g/mol. The third-order valence-corrected chi connectivity index (χ3v) is 2.72. The van der Waals surface area contributed by atoms with Gasteiger partial charge in [0, 0.05) is 17.7 Å². The second-order valence-electron chi connectivity index (χ2n) is 5.15. The van der Waals surface area contributed by atoms with Crippen molar-refractivity contribution in [3.8, 4) is 0 Å². The van der Waals surface area contributed by atoms with Gasteiger partial charge in [0.2, 0.25) is 0 Å². The van der Waals surface area contributed by atoms with E-state index in [1.807, 2.05) is 26.8 Å². The number of aryl methyl sites for hydroxylation is 1. The first kappa shape index (κ1) is 15.9. The summed E-state index contributed by atoms with van der Waals surface area (Å²) in [6, 6.07) is 4.98. The molecule has 0 aromatic heterocycles. The Morgan fingerprint density at radius 1 is 1.35 bits per heavy atom. The second kappa shape index (κ2) is 5.47. The molecule has 0 aliphatic carbocycles. The van der Waals surface area contributed by atoms with E-state index >= 15 is 0 Å². The topological polar surface area (TPSA) is 69.2 Å². The fourth-order valence-corrected chi connectivity index (χ4v) is 1.52. The molecule has 1 atom stereocenters. The molecule has 96 valence electrons. The number of nitrogens with zero attached hydrogens (tertiary/aromatic N) is 1. The van der Waals surface area contributed by atoms with Crippen LogP contribution in [0.5, 0.6) is 0 Å². The number of nitro groups is 1. The normalized spacial score (nSPS) is 12.8. The highest BCUT2D eigenvalue weighted by atomic mass is 35.5. The maximum absolute atomic E-state index is 10.8. The van der Waals surface area contributed by atoms with Crippen molar-refractivity contribution in [1.29, 1.82) is 0 Å². The SMILES string of the molecule is Cc1ccc([C@@H](N)C(C)(C)C)cc1[N+](=O)[O-].Cl. The molecule has 1 rings (SSSR count). The van der Waals surface area contributed by atoms with Gasteiger partial charge in [-0.15, -0.1) is 12.4 Å². The molecule has 0 fully saturated rings. The predicted octanol–water partition coefficient (Wildman–Crippen LogP) is 3.37. The summed E-state index contributed by atoms with van der Waals surface area (Å²) in [6.45, 7) is 7.78. The molecule has 1 aromatic rings. The smallest absolute Gasteiger partial charge is 0.272 e. The maximum Gasteiger partial charge on any atom is 0.272 e. The second-order valence-corrected chi connectivity index (χ2v) is 5.15. The number of nitrogens with two attached hydrogens (primary N) is 1. The molecule has 0 spiro atoms. The summed E-state index contributed by atoms with van der Waals surface area (Å²) in [5.74, 6) is 0.